The molecule has 58 valence electrons. The zero-order valence-electron chi connectivity index (χ0n) is 5.30. The zero-order chi connectivity index (χ0) is 8.43. The van der Waals surface area contributed by atoms with E-state index in [1.165, 1.54) is 16.7 Å². The summed E-state index contributed by atoms with van der Waals surface area (Å²) in [5, 5.41) is 8.11. The predicted octanol–water partition coefficient (Wildman–Crippen LogP) is 0.859. The maximum Gasteiger partial charge on any atom is 0.272 e. The van der Waals surface area contributed by atoms with Crippen molar-refractivity contribution in [2.24, 2.45) is 0 Å². The van der Waals surface area contributed by atoms with Crippen molar-refractivity contribution in [3.63, 3.8) is 0 Å². The van der Waals surface area contributed by atoms with E-state index in [1.807, 2.05) is 0 Å². The summed E-state index contributed by atoms with van der Waals surface area (Å²) in [5.74, 6) is 0. The van der Waals surface area contributed by atoms with E-state index in [2.05, 4.69) is 4.98 Å². The summed E-state index contributed by atoms with van der Waals surface area (Å²) in [5.41, 5.74) is 5.18. The topological polar surface area (TPSA) is 79.8 Å². The largest absolute Gasteiger partial charge is 0.375 e. The fraction of sp³-hybridized carbons (Fsp3) is 0. The third-order valence-electron chi connectivity index (χ3n) is 0.975. The van der Waals surface area contributed by atoms with Crippen LogP contribution in [0, 0.1) is 5.41 Å². The van der Waals surface area contributed by atoms with Crippen molar-refractivity contribution in [3.8, 4) is 0 Å². The number of carbonyl (C=O) groups excluding carboxylic acids is 1. The standard InChI is InChI=1S/C5H4ClN3OS/c6-4(10)3(7)2-1-11-5(8)9-2/h1,7H,(H2,8,9). The molecule has 4 nitrogen and oxygen atoms in total. The summed E-state index contributed by atoms with van der Waals surface area (Å²) in [6.07, 6.45) is 0. The van der Waals surface area contributed by atoms with Crippen LogP contribution in [0.3, 0.4) is 0 Å². The fourth-order valence-electron chi connectivity index (χ4n) is 0.503. The van der Waals surface area contributed by atoms with Gasteiger partial charge in [-0.05, 0) is 11.6 Å². The number of nitrogens with two attached hydrogens (primary N) is 1. The molecule has 1 heterocycles. The normalized spacial score (nSPS) is 9.55. The lowest BCUT2D eigenvalue weighted by atomic mass is 10.3. The van der Waals surface area contributed by atoms with Crippen molar-refractivity contribution in [2.45, 2.75) is 0 Å². The molecule has 0 saturated heterocycles. The van der Waals surface area contributed by atoms with Gasteiger partial charge in [-0.2, -0.15) is 0 Å². The van der Waals surface area contributed by atoms with Crippen molar-refractivity contribution in [3.05, 3.63) is 11.1 Å². The number of rotatable bonds is 2. The van der Waals surface area contributed by atoms with Gasteiger partial charge in [-0.15, -0.1) is 11.3 Å². The summed E-state index contributed by atoms with van der Waals surface area (Å²) in [4.78, 5) is 14.1. The molecule has 1 rings (SSSR count). The first-order valence-electron chi connectivity index (χ1n) is 2.61. The van der Waals surface area contributed by atoms with Crippen molar-refractivity contribution >= 4 is 39.0 Å². The van der Waals surface area contributed by atoms with E-state index in [0.29, 0.717) is 5.13 Å². The minimum Gasteiger partial charge on any atom is -0.375 e. The van der Waals surface area contributed by atoms with Gasteiger partial charge in [0, 0.05) is 5.38 Å². The Morgan fingerprint density at radius 3 is 2.82 bits per heavy atom. The number of hydrogen-bond donors (Lipinski definition) is 2. The van der Waals surface area contributed by atoms with Crippen molar-refractivity contribution in [2.75, 3.05) is 5.73 Å². The minimum atomic E-state index is -0.824. The molecule has 0 atom stereocenters. The average Bonchev–Trinajstić information content (AvgIpc) is 2.34. The van der Waals surface area contributed by atoms with Crippen LogP contribution in [-0.2, 0) is 4.79 Å². The van der Waals surface area contributed by atoms with Crippen LogP contribution in [0.25, 0.3) is 0 Å². The number of carbonyl (C=O) groups is 1. The van der Waals surface area contributed by atoms with Gasteiger partial charge < -0.3 is 5.73 Å². The lowest BCUT2D eigenvalue weighted by Gasteiger charge is -1.88. The van der Waals surface area contributed by atoms with Crippen LogP contribution in [-0.4, -0.2) is 15.9 Å². The number of halogens is 1. The number of nitrogen functional groups attached to an aromatic ring is 1. The van der Waals surface area contributed by atoms with E-state index in [9.17, 15) is 4.79 Å². The van der Waals surface area contributed by atoms with E-state index in [1.54, 1.807) is 0 Å². The predicted molar refractivity (Wildman–Crippen MR) is 44.2 cm³/mol. The molecule has 0 aliphatic heterocycles. The molecule has 0 bridgehead atoms. The van der Waals surface area contributed by atoms with Crippen molar-refractivity contribution < 1.29 is 4.79 Å². The Morgan fingerprint density at radius 1 is 1.82 bits per heavy atom. The molecule has 0 radical (unpaired) electrons. The van der Waals surface area contributed by atoms with Gasteiger partial charge in [-0.1, -0.05) is 0 Å². The van der Waals surface area contributed by atoms with Crippen LogP contribution in [0.1, 0.15) is 5.69 Å². The monoisotopic (exact) mass is 189 g/mol. The van der Waals surface area contributed by atoms with E-state index in [0.717, 1.165) is 0 Å². The Labute approximate surface area is 71.5 Å². The third kappa shape index (κ3) is 1.75. The summed E-state index contributed by atoms with van der Waals surface area (Å²) in [6.45, 7) is 0. The van der Waals surface area contributed by atoms with Crippen molar-refractivity contribution in [1.82, 2.24) is 4.98 Å². The van der Waals surface area contributed by atoms with Gasteiger partial charge in [0.05, 0.1) is 0 Å². The molecule has 11 heavy (non-hydrogen) atoms. The van der Waals surface area contributed by atoms with Crippen LogP contribution in [0.5, 0.6) is 0 Å². The molecule has 1 aromatic heterocycles. The second-order valence-electron chi connectivity index (χ2n) is 1.72. The quantitative estimate of drug-likeness (QED) is 0.535. The summed E-state index contributed by atoms with van der Waals surface area (Å²) >= 11 is 6.20. The highest BCUT2D eigenvalue weighted by molar-refractivity contribution is 7.13. The van der Waals surface area contributed by atoms with Crippen LogP contribution < -0.4 is 5.73 Å². The first kappa shape index (κ1) is 8.16. The van der Waals surface area contributed by atoms with Gasteiger partial charge >= 0.3 is 0 Å². The van der Waals surface area contributed by atoms with E-state index < -0.39 is 5.24 Å². The molecule has 3 N–H and O–H groups in total. The molecular weight excluding hydrogens is 186 g/mol. The molecule has 6 heteroatoms. The number of thiazole rings is 1. The van der Waals surface area contributed by atoms with E-state index in [-0.39, 0.29) is 11.4 Å². The van der Waals surface area contributed by atoms with Gasteiger partial charge in [-0.3, -0.25) is 10.2 Å². The fourth-order valence-corrected chi connectivity index (χ4v) is 1.15. The van der Waals surface area contributed by atoms with Crippen LogP contribution in [0.15, 0.2) is 5.38 Å². The molecule has 0 saturated carbocycles. The van der Waals surface area contributed by atoms with E-state index in [4.69, 9.17) is 22.7 Å². The Kier molecular flexibility index (Phi) is 2.21. The lowest BCUT2D eigenvalue weighted by Crippen LogP contribution is -2.07. The molecule has 0 spiro atoms. The zero-order valence-corrected chi connectivity index (χ0v) is 6.87. The minimum absolute atomic E-state index is 0.229. The number of nitrogens with zero attached hydrogens (tertiary/aromatic N) is 1. The second-order valence-corrected chi connectivity index (χ2v) is 2.95. The Morgan fingerprint density at radius 2 is 2.45 bits per heavy atom. The van der Waals surface area contributed by atoms with Gasteiger partial charge in [0.25, 0.3) is 5.24 Å². The Bertz CT molecular complexity index is 308. The van der Waals surface area contributed by atoms with Crippen LogP contribution >= 0.6 is 22.9 Å². The molecule has 0 amide bonds. The van der Waals surface area contributed by atoms with Crippen LogP contribution in [0.4, 0.5) is 5.13 Å². The summed E-state index contributed by atoms with van der Waals surface area (Å²) in [6, 6.07) is 0. The highest BCUT2D eigenvalue weighted by Crippen LogP contribution is 2.11. The molecule has 0 aliphatic rings. The maximum absolute atomic E-state index is 10.4. The first-order chi connectivity index (χ1) is 5.11. The molecule has 0 unspecified atom stereocenters. The smallest absolute Gasteiger partial charge is 0.272 e. The number of anilines is 1. The molecule has 0 aliphatic carbocycles. The molecule has 0 aromatic carbocycles. The Hall–Kier alpha value is -0.940. The highest BCUT2D eigenvalue weighted by Gasteiger charge is 2.11. The van der Waals surface area contributed by atoms with Gasteiger partial charge in [-0.25, -0.2) is 4.98 Å². The highest BCUT2D eigenvalue weighted by atomic mass is 35.5. The summed E-state index contributed by atoms with van der Waals surface area (Å²) in [7, 11) is 0. The van der Waals surface area contributed by atoms with E-state index >= 15 is 0 Å². The Balaban J connectivity index is 2.94. The number of aromatic nitrogens is 1. The number of nitrogens with one attached hydrogen (secondary N) is 1. The third-order valence-corrected chi connectivity index (χ3v) is 1.84. The average molecular weight is 190 g/mol. The second kappa shape index (κ2) is 2.98. The lowest BCUT2D eigenvalue weighted by molar-refractivity contribution is -0.106. The maximum atomic E-state index is 10.4. The van der Waals surface area contributed by atoms with Crippen molar-refractivity contribution in [1.29, 1.82) is 5.41 Å². The van der Waals surface area contributed by atoms with Gasteiger partial charge in [0.2, 0.25) is 0 Å². The number of hydrogen-bond acceptors (Lipinski definition) is 5. The summed E-state index contributed by atoms with van der Waals surface area (Å²) < 4.78 is 0. The van der Waals surface area contributed by atoms with Crippen LogP contribution in [0.2, 0.25) is 0 Å². The SMILES string of the molecule is N=C(C(=O)Cl)c1csc(N)n1. The van der Waals surface area contributed by atoms with Gasteiger partial charge in [0.1, 0.15) is 11.4 Å². The molecule has 0 fully saturated rings. The molecule has 1 aromatic rings. The molecular formula is C5H4ClN3OS. The van der Waals surface area contributed by atoms with Gasteiger partial charge in [0.15, 0.2) is 5.13 Å². The first-order valence-corrected chi connectivity index (χ1v) is 3.87.